The van der Waals surface area contributed by atoms with Crippen LogP contribution < -0.4 is 0 Å². The van der Waals surface area contributed by atoms with Crippen molar-refractivity contribution in [3.05, 3.63) is 59.1 Å². The van der Waals surface area contributed by atoms with Gasteiger partial charge < -0.3 is 4.57 Å². The topological polar surface area (TPSA) is 30.7 Å². The molecular weight excluding hydrogens is 278 g/mol. The molecule has 0 amide bonds. The minimum atomic E-state index is 0.807. The summed E-state index contributed by atoms with van der Waals surface area (Å²) in [7, 11) is 0. The largest absolute Gasteiger partial charge is 0.326 e. The van der Waals surface area contributed by atoms with E-state index in [1.54, 1.807) is 6.20 Å². The Balaban J connectivity index is 2.00. The molecule has 0 N–H and O–H groups in total. The van der Waals surface area contributed by atoms with Crippen LogP contribution in [-0.2, 0) is 6.54 Å². The van der Waals surface area contributed by atoms with E-state index in [4.69, 9.17) is 0 Å². The minimum Gasteiger partial charge on any atom is -0.326 e. The Morgan fingerprint density at radius 2 is 2.00 bits per heavy atom. The van der Waals surface area contributed by atoms with Crippen molar-refractivity contribution in [2.24, 2.45) is 0 Å². The lowest BCUT2D eigenvalue weighted by Crippen LogP contribution is -1.98. The highest BCUT2D eigenvalue weighted by molar-refractivity contribution is 9.10. The van der Waals surface area contributed by atoms with Crippen LogP contribution in [-0.4, -0.2) is 14.5 Å². The Morgan fingerprint density at radius 3 is 2.88 bits per heavy atom. The van der Waals surface area contributed by atoms with Crippen molar-refractivity contribution in [3.63, 3.8) is 0 Å². The van der Waals surface area contributed by atoms with Gasteiger partial charge in [-0.3, -0.25) is 0 Å². The minimum absolute atomic E-state index is 0.807. The summed E-state index contributed by atoms with van der Waals surface area (Å²) in [4.78, 5) is 8.50. The van der Waals surface area contributed by atoms with Gasteiger partial charge in [0.1, 0.15) is 4.60 Å². The van der Waals surface area contributed by atoms with Gasteiger partial charge in [-0.15, -0.1) is 0 Å². The summed E-state index contributed by atoms with van der Waals surface area (Å²) < 4.78 is 3.00. The summed E-state index contributed by atoms with van der Waals surface area (Å²) in [6, 6.07) is 12.2. The molecule has 0 aliphatic heterocycles. The van der Waals surface area contributed by atoms with Gasteiger partial charge in [-0.25, -0.2) is 9.97 Å². The number of aromatic nitrogens is 3. The molecule has 1 aromatic carbocycles. The molecule has 0 spiro atoms. The number of pyridine rings is 1. The highest BCUT2D eigenvalue weighted by Gasteiger charge is 2.02. The van der Waals surface area contributed by atoms with Gasteiger partial charge in [0.15, 0.2) is 0 Å². The predicted molar refractivity (Wildman–Crippen MR) is 70.8 cm³/mol. The van der Waals surface area contributed by atoms with Crippen LogP contribution in [0.2, 0.25) is 0 Å². The Morgan fingerprint density at radius 1 is 1.12 bits per heavy atom. The molecule has 0 unspecified atom stereocenters. The second-order valence-electron chi connectivity index (χ2n) is 3.85. The predicted octanol–water partition coefficient (Wildman–Crippen LogP) is 3.24. The average molecular weight is 288 g/mol. The zero-order chi connectivity index (χ0) is 11.7. The zero-order valence-corrected chi connectivity index (χ0v) is 10.6. The standard InChI is InChI=1S/C13H10BrN3/c14-13-7-10(5-6-15-13)8-17-9-16-11-3-1-2-4-12(11)17/h1-7,9H,8H2. The molecule has 2 heterocycles. The molecule has 0 fully saturated rings. The highest BCUT2D eigenvalue weighted by Crippen LogP contribution is 2.15. The molecule has 0 aliphatic carbocycles. The van der Waals surface area contributed by atoms with Gasteiger partial charge >= 0.3 is 0 Å². The number of imidazole rings is 1. The summed E-state index contributed by atoms with van der Waals surface area (Å²) in [6.07, 6.45) is 3.68. The lowest BCUT2D eigenvalue weighted by atomic mass is 10.2. The fourth-order valence-corrected chi connectivity index (χ4v) is 2.29. The number of halogens is 1. The molecule has 17 heavy (non-hydrogen) atoms. The number of rotatable bonds is 2. The van der Waals surface area contributed by atoms with Crippen LogP contribution in [0.5, 0.6) is 0 Å². The Bertz CT molecular complexity index is 660. The molecule has 0 radical (unpaired) electrons. The van der Waals surface area contributed by atoms with Crippen molar-refractivity contribution in [1.82, 2.24) is 14.5 Å². The number of hydrogen-bond donors (Lipinski definition) is 0. The summed E-state index contributed by atoms with van der Waals surface area (Å²) >= 11 is 3.38. The van der Waals surface area contributed by atoms with E-state index in [1.807, 2.05) is 36.7 Å². The molecular formula is C13H10BrN3. The van der Waals surface area contributed by atoms with Crippen LogP contribution in [0.15, 0.2) is 53.5 Å². The lowest BCUT2D eigenvalue weighted by Gasteiger charge is -2.04. The molecule has 0 atom stereocenters. The molecule has 2 aromatic heterocycles. The third-order valence-electron chi connectivity index (χ3n) is 2.67. The van der Waals surface area contributed by atoms with E-state index in [2.05, 4.69) is 36.5 Å². The number of para-hydroxylation sites is 2. The van der Waals surface area contributed by atoms with Gasteiger partial charge in [-0.2, -0.15) is 0 Å². The van der Waals surface area contributed by atoms with E-state index in [1.165, 1.54) is 5.56 Å². The third kappa shape index (κ3) is 2.08. The van der Waals surface area contributed by atoms with E-state index in [-0.39, 0.29) is 0 Å². The van der Waals surface area contributed by atoms with Gasteiger partial charge in [0.05, 0.1) is 17.4 Å². The number of nitrogens with zero attached hydrogens (tertiary/aromatic N) is 3. The van der Waals surface area contributed by atoms with Crippen molar-refractivity contribution >= 4 is 27.0 Å². The normalized spacial score (nSPS) is 10.9. The molecule has 3 rings (SSSR count). The van der Waals surface area contributed by atoms with E-state index >= 15 is 0 Å². The van der Waals surface area contributed by atoms with Crippen LogP contribution in [0.25, 0.3) is 11.0 Å². The maximum Gasteiger partial charge on any atom is 0.106 e. The second kappa shape index (κ2) is 4.30. The number of hydrogen-bond acceptors (Lipinski definition) is 2. The first-order valence-corrected chi connectivity index (χ1v) is 6.12. The summed E-state index contributed by atoms with van der Waals surface area (Å²) in [5.41, 5.74) is 3.39. The molecule has 4 heteroatoms. The molecule has 3 aromatic rings. The van der Waals surface area contributed by atoms with Crippen molar-refractivity contribution in [1.29, 1.82) is 0 Å². The first-order chi connectivity index (χ1) is 8.33. The Kier molecular flexibility index (Phi) is 2.65. The molecule has 3 nitrogen and oxygen atoms in total. The van der Waals surface area contributed by atoms with Gasteiger partial charge in [0.2, 0.25) is 0 Å². The van der Waals surface area contributed by atoms with Crippen molar-refractivity contribution in [3.8, 4) is 0 Å². The monoisotopic (exact) mass is 287 g/mol. The fourth-order valence-electron chi connectivity index (χ4n) is 1.87. The van der Waals surface area contributed by atoms with Crippen molar-refractivity contribution in [2.45, 2.75) is 6.54 Å². The van der Waals surface area contributed by atoms with E-state index in [9.17, 15) is 0 Å². The van der Waals surface area contributed by atoms with Crippen LogP contribution in [0.3, 0.4) is 0 Å². The highest BCUT2D eigenvalue weighted by atomic mass is 79.9. The molecule has 0 saturated carbocycles. The quantitative estimate of drug-likeness (QED) is 0.678. The van der Waals surface area contributed by atoms with Crippen LogP contribution in [0.4, 0.5) is 0 Å². The summed E-state index contributed by atoms with van der Waals surface area (Å²) in [5.74, 6) is 0. The maximum absolute atomic E-state index is 4.37. The Hall–Kier alpha value is -1.68. The van der Waals surface area contributed by atoms with Crippen LogP contribution in [0.1, 0.15) is 5.56 Å². The molecule has 0 saturated heterocycles. The number of fused-ring (bicyclic) bond motifs is 1. The van der Waals surface area contributed by atoms with Gasteiger partial charge in [0, 0.05) is 12.7 Å². The van der Waals surface area contributed by atoms with E-state index < -0.39 is 0 Å². The maximum atomic E-state index is 4.37. The number of benzene rings is 1. The Labute approximate surface area is 107 Å². The van der Waals surface area contributed by atoms with E-state index in [0.29, 0.717) is 0 Å². The zero-order valence-electron chi connectivity index (χ0n) is 9.05. The smallest absolute Gasteiger partial charge is 0.106 e. The summed E-state index contributed by atoms with van der Waals surface area (Å²) in [6.45, 7) is 0.807. The fraction of sp³-hybridized carbons (Fsp3) is 0.0769. The lowest BCUT2D eigenvalue weighted by molar-refractivity contribution is 0.821. The molecule has 0 bridgehead atoms. The third-order valence-corrected chi connectivity index (χ3v) is 3.10. The van der Waals surface area contributed by atoms with Gasteiger partial charge in [-0.1, -0.05) is 12.1 Å². The summed E-state index contributed by atoms with van der Waals surface area (Å²) in [5, 5.41) is 0. The average Bonchev–Trinajstić information content (AvgIpc) is 2.73. The molecule has 84 valence electrons. The van der Waals surface area contributed by atoms with Crippen LogP contribution in [0, 0.1) is 0 Å². The SMILES string of the molecule is Brc1cc(Cn2cnc3ccccc32)ccn1. The van der Waals surface area contributed by atoms with E-state index in [0.717, 1.165) is 22.2 Å². The second-order valence-corrected chi connectivity index (χ2v) is 4.66. The van der Waals surface area contributed by atoms with Gasteiger partial charge in [-0.05, 0) is 45.8 Å². The van der Waals surface area contributed by atoms with Crippen molar-refractivity contribution in [2.75, 3.05) is 0 Å². The van der Waals surface area contributed by atoms with Crippen molar-refractivity contribution < 1.29 is 0 Å². The van der Waals surface area contributed by atoms with Gasteiger partial charge in [0.25, 0.3) is 0 Å². The first kappa shape index (κ1) is 10.5. The van der Waals surface area contributed by atoms with Crippen LogP contribution >= 0.6 is 15.9 Å². The first-order valence-electron chi connectivity index (χ1n) is 5.33. The molecule has 0 aliphatic rings.